The summed E-state index contributed by atoms with van der Waals surface area (Å²) in [5.74, 6) is -0.252. The van der Waals surface area contributed by atoms with Crippen LogP contribution < -0.4 is 5.32 Å². The Labute approximate surface area is 105 Å². The minimum Gasteiger partial charge on any atom is -0.462 e. The zero-order valence-corrected chi connectivity index (χ0v) is 10.4. The van der Waals surface area contributed by atoms with Crippen LogP contribution in [0.5, 0.6) is 0 Å². The SMILES string of the molecule is CCOC(=O)c1ccc2[nH]c3c(c2c1)CNCC3. The van der Waals surface area contributed by atoms with Crippen LogP contribution >= 0.6 is 0 Å². The Kier molecular flexibility index (Phi) is 2.80. The van der Waals surface area contributed by atoms with E-state index >= 15 is 0 Å². The second kappa shape index (κ2) is 4.46. The molecule has 18 heavy (non-hydrogen) atoms. The molecule has 4 heteroatoms. The summed E-state index contributed by atoms with van der Waals surface area (Å²) < 4.78 is 5.03. The van der Waals surface area contributed by atoms with Gasteiger partial charge in [0.15, 0.2) is 0 Å². The molecule has 2 aromatic rings. The van der Waals surface area contributed by atoms with Crippen molar-refractivity contribution in [3.63, 3.8) is 0 Å². The molecule has 0 amide bonds. The third-order valence-electron chi connectivity index (χ3n) is 3.36. The normalized spacial score (nSPS) is 14.5. The van der Waals surface area contributed by atoms with Crippen molar-refractivity contribution in [2.75, 3.05) is 13.2 Å². The van der Waals surface area contributed by atoms with Crippen LogP contribution in [0, 0.1) is 0 Å². The number of nitrogens with one attached hydrogen (secondary N) is 2. The maximum absolute atomic E-state index is 11.7. The third-order valence-corrected chi connectivity index (χ3v) is 3.36. The highest BCUT2D eigenvalue weighted by molar-refractivity contribution is 5.96. The number of fused-ring (bicyclic) bond motifs is 3. The lowest BCUT2D eigenvalue weighted by molar-refractivity contribution is 0.0526. The fourth-order valence-electron chi connectivity index (χ4n) is 2.49. The molecule has 2 N–H and O–H groups in total. The first-order valence-corrected chi connectivity index (χ1v) is 6.31. The van der Waals surface area contributed by atoms with E-state index in [9.17, 15) is 4.79 Å². The van der Waals surface area contributed by atoms with Gasteiger partial charge in [-0.25, -0.2) is 4.79 Å². The molecule has 0 radical (unpaired) electrons. The first kappa shape index (κ1) is 11.3. The number of rotatable bonds is 2. The Morgan fingerprint density at radius 3 is 3.17 bits per heavy atom. The number of hydrogen-bond acceptors (Lipinski definition) is 3. The number of ether oxygens (including phenoxy) is 1. The number of carbonyl (C=O) groups excluding carboxylic acids is 1. The zero-order valence-electron chi connectivity index (χ0n) is 10.4. The predicted molar refractivity (Wildman–Crippen MR) is 69.7 cm³/mol. The van der Waals surface area contributed by atoms with Gasteiger partial charge in [0.1, 0.15) is 0 Å². The molecule has 0 saturated heterocycles. The number of carbonyl (C=O) groups is 1. The Morgan fingerprint density at radius 2 is 2.33 bits per heavy atom. The summed E-state index contributed by atoms with van der Waals surface area (Å²) in [6, 6.07) is 5.70. The summed E-state index contributed by atoms with van der Waals surface area (Å²) in [4.78, 5) is 15.2. The molecule has 2 heterocycles. The average Bonchev–Trinajstić information content (AvgIpc) is 2.76. The molecule has 0 bridgehead atoms. The Morgan fingerprint density at radius 1 is 1.44 bits per heavy atom. The van der Waals surface area contributed by atoms with Gasteiger partial charge in [-0.3, -0.25) is 0 Å². The molecule has 94 valence electrons. The lowest BCUT2D eigenvalue weighted by atomic mass is 10.0. The largest absolute Gasteiger partial charge is 0.462 e. The quantitative estimate of drug-likeness (QED) is 0.794. The molecule has 3 rings (SSSR count). The molecule has 0 fully saturated rings. The number of aromatic amines is 1. The van der Waals surface area contributed by atoms with Gasteiger partial charge in [0, 0.05) is 36.1 Å². The van der Waals surface area contributed by atoms with E-state index in [0.29, 0.717) is 12.2 Å². The van der Waals surface area contributed by atoms with E-state index in [0.717, 1.165) is 30.4 Å². The highest BCUT2D eigenvalue weighted by Gasteiger charge is 2.16. The van der Waals surface area contributed by atoms with Gasteiger partial charge in [0.05, 0.1) is 12.2 Å². The van der Waals surface area contributed by atoms with Crippen molar-refractivity contribution in [2.45, 2.75) is 19.9 Å². The van der Waals surface area contributed by atoms with E-state index in [2.05, 4.69) is 10.3 Å². The van der Waals surface area contributed by atoms with Crippen LogP contribution in [0.25, 0.3) is 10.9 Å². The van der Waals surface area contributed by atoms with Crippen LogP contribution in [0.4, 0.5) is 0 Å². The minimum atomic E-state index is -0.252. The van der Waals surface area contributed by atoms with Crippen molar-refractivity contribution in [1.82, 2.24) is 10.3 Å². The number of esters is 1. The molecule has 1 aliphatic heterocycles. The van der Waals surface area contributed by atoms with E-state index in [-0.39, 0.29) is 5.97 Å². The maximum atomic E-state index is 11.7. The van der Waals surface area contributed by atoms with Crippen molar-refractivity contribution in [1.29, 1.82) is 0 Å². The standard InChI is InChI=1S/C14H16N2O2/c1-2-18-14(17)9-3-4-12-10(7-9)11-8-15-6-5-13(11)16-12/h3-4,7,15-16H,2,5-6,8H2,1H3. The second-order valence-electron chi connectivity index (χ2n) is 4.49. The van der Waals surface area contributed by atoms with E-state index in [1.165, 1.54) is 11.3 Å². The van der Waals surface area contributed by atoms with Crippen LogP contribution in [0.2, 0.25) is 0 Å². The molecule has 0 aliphatic carbocycles. The van der Waals surface area contributed by atoms with Crippen LogP contribution in [0.15, 0.2) is 18.2 Å². The molecule has 1 aromatic heterocycles. The number of hydrogen-bond donors (Lipinski definition) is 2. The summed E-state index contributed by atoms with van der Waals surface area (Å²) >= 11 is 0. The number of H-pyrrole nitrogens is 1. The summed E-state index contributed by atoms with van der Waals surface area (Å²) in [5, 5.41) is 4.48. The van der Waals surface area contributed by atoms with Crippen LogP contribution in [0.3, 0.4) is 0 Å². The first-order chi connectivity index (χ1) is 8.79. The highest BCUT2D eigenvalue weighted by Crippen LogP contribution is 2.26. The summed E-state index contributed by atoms with van der Waals surface area (Å²) in [6.07, 6.45) is 1.01. The second-order valence-corrected chi connectivity index (χ2v) is 4.49. The molecule has 1 aliphatic rings. The Balaban J connectivity index is 2.08. The summed E-state index contributed by atoms with van der Waals surface area (Å²) in [5.41, 5.74) is 4.28. The lowest BCUT2D eigenvalue weighted by Crippen LogP contribution is -2.22. The summed E-state index contributed by atoms with van der Waals surface area (Å²) in [6.45, 7) is 4.09. The van der Waals surface area contributed by atoms with Crippen LogP contribution in [-0.2, 0) is 17.7 Å². The maximum Gasteiger partial charge on any atom is 0.338 e. The molecule has 0 spiro atoms. The fourth-order valence-corrected chi connectivity index (χ4v) is 2.49. The van der Waals surface area contributed by atoms with E-state index in [1.807, 2.05) is 25.1 Å². The van der Waals surface area contributed by atoms with Gasteiger partial charge in [-0.1, -0.05) is 0 Å². The lowest BCUT2D eigenvalue weighted by Gasteiger charge is -2.12. The van der Waals surface area contributed by atoms with Gasteiger partial charge in [-0.05, 0) is 30.7 Å². The van der Waals surface area contributed by atoms with Gasteiger partial charge in [0.25, 0.3) is 0 Å². The average molecular weight is 244 g/mol. The van der Waals surface area contributed by atoms with Gasteiger partial charge in [0.2, 0.25) is 0 Å². The molecule has 0 atom stereocenters. The molecule has 0 saturated carbocycles. The minimum absolute atomic E-state index is 0.252. The van der Waals surface area contributed by atoms with Gasteiger partial charge in [-0.2, -0.15) is 0 Å². The van der Waals surface area contributed by atoms with Crippen molar-refractivity contribution < 1.29 is 9.53 Å². The topological polar surface area (TPSA) is 54.1 Å². The van der Waals surface area contributed by atoms with Crippen LogP contribution in [0.1, 0.15) is 28.5 Å². The molecular formula is C14H16N2O2. The predicted octanol–water partition coefficient (Wildman–Crippen LogP) is 1.99. The van der Waals surface area contributed by atoms with Crippen molar-refractivity contribution in [3.8, 4) is 0 Å². The monoisotopic (exact) mass is 244 g/mol. The highest BCUT2D eigenvalue weighted by atomic mass is 16.5. The van der Waals surface area contributed by atoms with Crippen molar-refractivity contribution in [2.24, 2.45) is 0 Å². The van der Waals surface area contributed by atoms with E-state index in [4.69, 9.17) is 4.74 Å². The van der Waals surface area contributed by atoms with Crippen molar-refractivity contribution in [3.05, 3.63) is 35.0 Å². The Bertz CT molecular complexity index is 601. The molecular weight excluding hydrogens is 228 g/mol. The van der Waals surface area contributed by atoms with Crippen molar-refractivity contribution >= 4 is 16.9 Å². The van der Waals surface area contributed by atoms with E-state index in [1.54, 1.807) is 0 Å². The zero-order chi connectivity index (χ0) is 12.5. The fraction of sp³-hybridized carbons (Fsp3) is 0.357. The van der Waals surface area contributed by atoms with Crippen LogP contribution in [-0.4, -0.2) is 24.1 Å². The third kappa shape index (κ3) is 1.78. The van der Waals surface area contributed by atoms with E-state index < -0.39 is 0 Å². The number of aromatic nitrogens is 1. The number of benzene rings is 1. The molecule has 4 nitrogen and oxygen atoms in total. The van der Waals surface area contributed by atoms with Gasteiger partial charge >= 0.3 is 5.97 Å². The van der Waals surface area contributed by atoms with Gasteiger partial charge in [-0.15, -0.1) is 0 Å². The smallest absolute Gasteiger partial charge is 0.338 e. The first-order valence-electron chi connectivity index (χ1n) is 6.31. The van der Waals surface area contributed by atoms with Gasteiger partial charge < -0.3 is 15.0 Å². The molecule has 1 aromatic carbocycles. The summed E-state index contributed by atoms with van der Waals surface area (Å²) in [7, 11) is 0. The Hall–Kier alpha value is -1.81. The molecule has 0 unspecified atom stereocenters.